The summed E-state index contributed by atoms with van der Waals surface area (Å²) in [7, 11) is 0. The van der Waals surface area contributed by atoms with Gasteiger partial charge in [0.05, 0.1) is 5.69 Å². The molecule has 17 heavy (non-hydrogen) atoms. The zero-order valence-electron chi connectivity index (χ0n) is 8.99. The standard InChI is InChI=1S/C10H11N5OS/c16-9(7-2-4-12-15-7)14-10-13-6-1-3-11-5-8(6)17-10/h2,4,11H,1,3,5H2,(H,12,15)(H,13,14,16). The van der Waals surface area contributed by atoms with E-state index in [1.54, 1.807) is 12.3 Å². The fraction of sp³-hybridized carbons (Fsp3) is 0.300. The predicted molar refractivity (Wildman–Crippen MR) is 64.1 cm³/mol. The van der Waals surface area contributed by atoms with Crippen molar-refractivity contribution in [3.8, 4) is 0 Å². The van der Waals surface area contributed by atoms with Crippen molar-refractivity contribution in [3.63, 3.8) is 0 Å². The second kappa shape index (κ2) is 4.27. The molecule has 0 spiro atoms. The van der Waals surface area contributed by atoms with Crippen LogP contribution in [0, 0.1) is 0 Å². The quantitative estimate of drug-likeness (QED) is 0.734. The number of H-pyrrole nitrogens is 1. The molecule has 0 radical (unpaired) electrons. The number of anilines is 1. The van der Waals surface area contributed by atoms with E-state index in [9.17, 15) is 4.79 Å². The highest BCUT2D eigenvalue weighted by Crippen LogP contribution is 2.25. The molecule has 1 aliphatic rings. The van der Waals surface area contributed by atoms with Crippen LogP contribution in [0.4, 0.5) is 5.13 Å². The highest BCUT2D eigenvalue weighted by Gasteiger charge is 2.16. The fourth-order valence-corrected chi connectivity index (χ4v) is 2.70. The minimum Gasteiger partial charge on any atom is -0.311 e. The van der Waals surface area contributed by atoms with Gasteiger partial charge in [0.1, 0.15) is 5.69 Å². The zero-order chi connectivity index (χ0) is 11.7. The minimum absolute atomic E-state index is 0.207. The molecule has 0 saturated heterocycles. The molecule has 0 bridgehead atoms. The number of hydrogen-bond acceptors (Lipinski definition) is 5. The van der Waals surface area contributed by atoms with Crippen molar-refractivity contribution in [2.75, 3.05) is 11.9 Å². The lowest BCUT2D eigenvalue weighted by atomic mass is 10.2. The van der Waals surface area contributed by atoms with Crippen LogP contribution in [0.15, 0.2) is 12.3 Å². The summed E-state index contributed by atoms with van der Waals surface area (Å²) < 4.78 is 0. The Balaban J connectivity index is 1.77. The molecule has 1 aliphatic heterocycles. The molecule has 0 aromatic carbocycles. The summed E-state index contributed by atoms with van der Waals surface area (Å²) in [6.07, 6.45) is 2.47. The monoisotopic (exact) mass is 249 g/mol. The number of hydrogen-bond donors (Lipinski definition) is 3. The highest BCUT2D eigenvalue weighted by atomic mass is 32.1. The topological polar surface area (TPSA) is 82.7 Å². The van der Waals surface area contributed by atoms with Crippen molar-refractivity contribution in [1.29, 1.82) is 0 Å². The van der Waals surface area contributed by atoms with Gasteiger partial charge in [-0.05, 0) is 6.07 Å². The van der Waals surface area contributed by atoms with Crippen LogP contribution in [0.5, 0.6) is 0 Å². The second-order valence-corrected chi connectivity index (χ2v) is 4.82. The SMILES string of the molecule is O=C(Nc1nc2c(s1)CNCC2)c1ccn[nH]1. The first kappa shape index (κ1) is 10.4. The van der Waals surface area contributed by atoms with Crippen molar-refractivity contribution in [2.45, 2.75) is 13.0 Å². The number of fused-ring (bicyclic) bond motifs is 1. The van der Waals surface area contributed by atoms with Gasteiger partial charge in [-0.1, -0.05) is 0 Å². The molecule has 0 saturated carbocycles. The average molecular weight is 249 g/mol. The maximum atomic E-state index is 11.8. The van der Waals surface area contributed by atoms with Crippen LogP contribution in [0.3, 0.4) is 0 Å². The summed E-state index contributed by atoms with van der Waals surface area (Å²) in [5, 5.41) is 13.1. The summed E-state index contributed by atoms with van der Waals surface area (Å²) in [6.45, 7) is 1.79. The molecule has 0 atom stereocenters. The zero-order valence-corrected chi connectivity index (χ0v) is 9.80. The Labute approximate surface area is 101 Å². The summed E-state index contributed by atoms with van der Waals surface area (Å²) in [6, 6.07) is 1.63. The van der Waals surface area contributed by atoms with Gasteiger partial charge >= 0.3 is 0 Å². The molecular weight excluding hydrogens is 238 g/mol. The Morgan fingerprint density at radius 2 is 2.47 bits per heavy atom. The molecule has 0 fully saturated rings. The summed E-state index contributed by atoms with van der Waals surface area (Å²) >= 11 is 1.52. The van der Waals surface area contributed by atoms with Gasteiger partial charge in [0.15, 0.2) is 5.13 Å². The largest absolute Gasteiger partial charge is 0.311 e. The van der Waals surface area contributed by atoms with Crippen LogP contribution in [0.2, 0.25) is 0 Å². The van der Waals surface area contributed by atoms with Crippen molar-refractivity contribution in [2.24, 2.45) is 0 Å². The van der Waals surface area contributed by atoms with Gasteiger partial charge in [-0.15, -0.1) is 11.3 Å². The van der Waals surface area contributed by atoms with Crippen molar-refractivity contribution >= 4 is 22.4 Å². The van der Waals surface area contributed by atoms with Crippen molar-refractivity contribution in [1.82, 2.24) is 20.5 Å². The third kappa shape index (κ3) is 2.06. The van der Waals surface area contributed by atoms with E-state index < -0.39 is 0 Å². The van der Waals surface area contributed by atoms with E-state index in [0.717, 1.165) is 25.2 Å². The lowest BCUT2D eigenvalue weighted by Gasteiger charge is -2.09. The number of amides is 1. The van der Waals surface area contributed by atoms with E-state index in [0.29, 0.717) is 10.8 Å². The van der Waals surface area contributed by atoms with Crippen LogP contribution in [-0.2, 0) is 13.0 Å². The van der Waals surface area contributed by atoms with E-state index >= 15 is 0 Å². The van der Waals surface area contributed by atoms with Gasteiger partial charge in [0, 0.05) is 30.6 Å². The first-order valence-corrected chi connectivity index (χ1v) is 6.14. The Hall–Kier alpha value is -1.73. The highest BCUT2D eigenvalue weighted by molar-refractivity contribution is 7.15. The Kier molecular flexibility index (Phi) is 2.62. The fourth-order valence-electron chi connectivity index (χ4n) is 1.73. The Morgan fingerprint density at radius 1 is 1.53 bits per heavy atom. The molecule has 2 aromatic heterocycles. The first-order valence-electron chi connectivity index (χ1n) is 5.33. The van der Waals surface area contributed by atoms with E-state index in [2.05, 4.69) is 25.8 Å². The normalized spacial score (nSPS) is 14.4. The second-order valence-electron chi connectivity index (χ2n) is 3.74. The number of rotatable bonds is 2. The lowest BCUT2D eigenvalue weighted by Crippen LogP contribution is -2.22. The molecule has 3 heterocycles. The molecule has 2 aromatic rings. The Morgan fingerprint density at radius 3 is 3.24 bits per heavy atom. The smallest absolute Gasteiger partial charge is 0.275 e. The van der Waals surface area contributed by atoms with Crippen LogP contribution < -0.4 is 10.6 Å². The predicted octanol–water partition coefficient (Wildman–Crippen LogP) is 0.764. The Bertz CT molecular complexity index is 509. The number of aromatic amines is 1. The number of nitrogens with one attached hydrogen (secondary N) is 3. The lowest BCUT2D eigenvalue weighted by molar-refractivity contribution is 0.102. The van der Waals surface area contributed by atoms with Gasteiger partial charge in [0.25, 0.3) is 5.91 Å². The van der Waals surface area contributed by atoms with E-state index in [-0.39, 0.29) is 5.91 Å². The van der Waals surface area contributed by atoms with E-state index in [1.165, 1.54) is 16.2 Å². The van der Waals surface area contributed by atoms with Crippen LogP contribution in [0.1, 0.15) is 21.1 Å². The van der Waals surface area contributed by atoms with Gasteiger partial charge in [-0.3, -0.25) is 15.2 Å². The van der Waals surface area contributed by atoms with Crippen LogP contribution in [0.25, 0.3) is 0 Å². The number of nitrogens with zero attached hydrogens (tertiary/aromatic N) is 2. The molecule has 3 N–H and O–H groups in total. The average Bonchev–Trinajstić information content (AvgIpc) is 2.97. The minimum atomic E-state index is -0.207. The summed E-state index contributed by atoms with van der Waals surface area (Å²) in [5.41, 5.74) is 1.53. The van der Waals surface area contributed by atoms with Crippen molar-refractivity contribution < 1.29 is 4.79 Å². The summed E-state index contributed by atoms with van der Waals surface area (Å²) in [4.78, 5) is 17.4. The van der Waals surface area contributed by atoms with Gasteiger partial charge < -0.3 is 5.32 Å². The van der Waals surface area contributed by atoms with Crippen LogP contribution in [-0.4, -0.2) is 27.6 Å². The van der Waals surface area contributed by atoms with Gasteiger partial charge in [-0.25, -0.2) is 4.98 Å². The molecule has 6 nitrogen and oxygen atoms in total. The third-order valence-corrected chi connectivity index (χ3v) is 3.58. The maximum absolute atomic E-state index is 11.8. The molecule has 3 rings (SSSR count). The van der Waals surface area contributed by atoms with Crippen LogP contribution >= 0.6 is 11.3 Å². The molecule has 0 aliphatic carbocycles. The third-order valence-electron chi connectivity index (χ3n) is 2.57. The van der Waals surface area contributed by atoms with Crippen molar-refractivity contribution in [3.05, 3.63) is 28.5 Å². The molecule has 7 heteroatoms. The first-order chi connectivity index (χ1) is 8.33. The van der Waals surface area contributed by atoms with E-state index in [4.69, 9.17) is 0 Å². The number of aromatic nitrogens is 3. The molecular formula is C10H11N5OS. The van der Waals surface area contributed by atoms with E-state index in [1.807, 2.05) is 0 Å². The molecule has 88 valence electrons. The maximum Gasteiger partial charge on any atom is 0.275 e. The number of carbonyl (C=O) groups is 1. The number of thiazole rings is 1. The van der Waals surface area contributed by atoms with Gasteiger partial charge in [-0.2, -0.15) is 5.10 Å². The molecule has 1 amide bonds. The number of carbonyl (C=O) groups excluding carboxylic acids is 1. The summed E-state index contributed by atoms with van der Waals surface area (Å²) in [5.74, 6) is -0.207. The van der Waals surface area contributed by atoms with Gasteiger partial charge in [0.2, 0.25) is 0 Å². The molecule has 0 unspecified atom stereocenters.